The maximum absolute atomic E-state index is 10.7. The normalized spacial score (nSPS) is 23.7. The van der Waals surface area contributed by atoms with E-state index in [1.54, 1.807) is 6.07 Å². The van der Waals surface area contributed by atoms with E-state index in [1.165, 1.54) is 19.2 Å². The largest absolute Gasteiger partial charge is 0.496 e. The lowest BCUT2D eigenvalue weighted by molar-refractivity contribution is -0.385. The second kappa shape index (κ2) is 5.32. The number of nitro benzene ring substituents is 1. The number of ether oxygens (including phenoxy) is 2. The number of non-ortho nitro benzene ring substituents is 1. The van der Waals surface area contributed by atoms with Gasteiger partial charge in [0.25, 0.3) is 5.69 Å². The number of nitro groups is 1. The molecule has 1 heterocycles. The Morgan fingerprint density at radius 3 is 2.94 bits per heavy atom. The van der Waals surface area contributed by atoms with E-state index < -0.39 is 11.0 Å². The zero-order valence-electron chi connectivity index (χ0n) is 10.0. The topological polar surface area (TPSA) is 81.8 Å². The molecule has 1 N–H and O–H groups in total. The van der Waals surface area contributed by atoms with Crippen molar-refractivity contribution in [1.29, 1.82) is 0 Å². The molecule has 0 aliphatic carbocycles. The Morgan fingerprint density at radius 1 is 1.56 bits per heavy atom. The zero-order valence-corrected chi connectivity index (χ0v) is 10.0. The molecule has 98 valence electrons. The van der Waals surface area contributed by atoms with Crippen LogP contribution >= 0.6 is 0 Å². The number of rotatable bonds is 3. The van der Waals surface area contributed by atoms with Crippen molar-refractivity contribution in [2.24, 2.45) is 0 Å². The Hall–Kier alpha value is -1.66. The molecule has 2 atom stereocenters. The maximum atomic E-state index is 10.7. The lowest BCUT2D eigenvalue weighted by atomic mass is 9.98. The molecular formula is C12H15NO5. The molecule has 1 aliphatic rings. The predicted octanol–water partition coefficient (Wildman–Crippen LogP) is 1.82. The lowest BCUT2D eigenvalue weighted by Gasteiger charge is -2.27. The maximum Gasteiger partial charge on any atom is 0.273 e. The first kappa shape index (κ1) is 12.8. The van der Waals surface area contributed by atoms with Crippen LogP contribution in [0.5, 0.6) is 5.75 Å². The minimum absolute atomic E-state index is 0.0213. The third-order valence-electron chi connectivity index (χ3n) is 3.03. The first-order chi connectivity index (χ1) is 8.61. The van der Waals surface area contributed by atoms with Crippen molar-refractivity contribution in [3.05, 3.63) is 33.9 Å². The minimum atomic E-state index is -0.469. The van der Waals surface area contributed by atoms with Crippen LogP contribution in [0.3, 0.4) is 0 Å². The van der Waals surface area contributed by atoms with E-state index in [-0.39, 0.29) is 11.8 Å². The summed E-state index contributed by atoms with van der Waals surface area (Å²) in [5, 5.41) is 20.3. The molecule has 0 radical (unpaired) electrons. The van der Waals surface area contributed by atoms with Gasteiger partial charge in [-0.05, 0) is 12.5 Å². The molecule has 1 aromatic rings. The summed E-state index contributed by atoms with van der Waals surface area (Å²) in [6.45, 7) is 0.478. The van der Waals surface area contributed by atoms with Crippen LogP contribution in [0.2, 0.25) is 0 Å². The van der Waals surface area contributed by atoms with E-state index in [9.17, 15) is 15.2 Å². The van der Waals surface area contributed by atoms with Gasteiger partial charge in [-0.25, -0.2) is 0 Å². The first-order valence-electron chi connectivity index (χ1n) is 5.74. The van der Waals surface area contributed by atoms with E-state index in [0.717, 1.165) is 5.56 Å². The molecule has 0 aromatic heterocycles. The van der Waals surface area contributed by atoms with Gasteiger partial charge in [-0.3, -0.25) is 10.1 Å². The third-order valence-corrected chi connectivity index (χ3v) is 3.03. The lowest BCUT2D eigenvalue weighted by Crippen LogP contribution is -2.23. The van der Waals surface area contributed by atoms with E-state index in [2.05, 4.69) is 0 Å². The summed E-state index contributed by atoms with van der Waals surface area (Å²) in [6, 6.07) is 4.42. The molecule has 2 unspecified atom stereocenters. The summed E-state index contributed by atoms with van der Waals surface area (Å²) < 4.78 is 10.7. The second-order valence-corrected chi connectivity index (χ2v) is 4.22. The zero-order chi connectivity index (χ0) is 13.1. The van der Waals surface area contributed by atoms with Crippen LogP contribution in [0, 0.1) is 10.1 Å². The summed E-state index contributed by atoms with van der Waals surface area (Å²) in [5.74, 6) is 0.420. The van der Waals surface area contributed by atoms with Crippen LogP contribution in [-0.4, -0.2) is 29.9 Å². The van der Waals surface area contributed by atoms with Crippen molar-refractivity contribution in [1.82, 2.24) is 0 Å². The Labute approximate surface area is 104 Å². The molecule has 18 heavy (non-hydrogen) atoms. The number of nitrogens with zero attached hydrogens (tertiary/aromatic N) is 1. The fraction of sp³-hybridized carbons (Fsp3) is 0.500. The summed E-state index contributed by atoms with van der Waals surface area (Å²) in [6.07, 6.45) is 0.424. The van der Waals surface area contributed by atoms with Crippen LogP contribution in [0.15, 0.2) is 18.2 Å². The molecule has 0 saturated carbocycles. The summed E-state index contributed by atoms with van der Waals surface area (Å²) in [7, 11) is 1.46. The highest BCUT2D eigenvalue weighted by molar-refractivity contribution is 5.45. The number of hydrogen-bond donors (Lipinski definition) is 1. The fourth-order valence-electron chi connectivity index (χ4n) is 2.08. The molecule has 2 rings (SSSR count). The van der Waals surface area contributed by atoms with E-state index in [4.69, 9.17) is 9.47 Å². The average molecular weight is 253 g/mol. The van der Waals surface area contributed by atoms with Crippen molar-refractivity contribution >= 4 is 5.69 Å². The van der Waals surface area contributed by atoms with Crippen LogP contribution in [-0.2, 0) is 4.74 Å². The molecule has 1 fully saturated rings. The summed E-state index contributed by atoms with van der Waals surface area (Å²) >= 11 is 0. The van der Waals surface area contributed by atoms with Gasteiger partial charge in [0.1, 0.15) is 5.75 Å². The van der Waals surface area contributed by atoms with Crippen molar-refractivity contribution in [2.75, 3.05) is 13.7 Å². The van der Waals surface area contributed by atoms with Gasteiger partial charge in [0.05, 0.1) is 30.3 Å². The van der Waals surface area contributed by atoms with E-state index >= 15 is 0 Å². The van der Waals surface area contributed by atoms with Crippen molar-refractivity contribution in [2.45, 2.75) is 25.0 Å². The fourth-order valence-corrected chi connectivity index (χ4v) is 2.08. The summed E-state index contributed by atoms with van der Waals surface area (Å²) in [4.78, 5) is 10.2. The monoisotopic (exact) mass is 253 g/mol. The Balaban J connectivity index is 2.29. The van der Waals surface area contributed by atoms with E-state index in [1.807, 2.05) is 0 Å². The number of aliphatic hydroxyl groups is 1. The van der Waals surface area contributed by atoms with Gasteiger partial charge in [-0.2, -0.15) is 0 Å². The van der Waals surface area contributed by atoms with Gasteiger partial charge in [0, 0.05) is 24.7 Å². The van der Waals surface area contributed by atoms with Gasteiger partial charge < -0.3 is 14.6 Å². The average Bonchev–Trinajstić information content (AvgIpc) is 2.37. The molecule has 6 heteroatoms. The molecule has 6 nitrogen and oxygen atoms in total. The molecule has 1 aliphatic heterocycles. The highest BCUT2D eigenvalue weighted by Crippen LogP contribution is 2.35. The van der Waals surface area contributed by atoms with Crippen LogP contribution in [0.4, 0.5) is 5.69 Å². The highest BCUT2D eigenvalue weighted by Gasteiger charge is 2.25. The summed E-state index contributed by atoms with van der Waals surface area (Å²) in [5.41, 5.74) is 0.716. The van der Waals surface area contributed by atoms with Crippen molar-refractivity contribution in [3.8, 4) is 5.75 Å². The minimum Gasteiger partial charge on any atom is -0.496 e. The quantitative estimate of drug-likeness (QED) is 0.656. The molecule has 0 amide bonds. The van der Waals surface area contributed by atoms with Crippen LogP contribution in [0.1, 0.15) is 24.5 Å². The van der Waals surface area contributed by atoms with Crippen molar-refractivity contribution < 1.29 is 19.5 Å². The van der Waals surface area contributed by atoms with Gasteiger partial charge in [-0.15, -0.1) is 0 Å². The molecule has 1 saturated heterocycles. The third kappa shape index (κ3) is 2.60. The van der Waals surface area contributed by atoms with E-state index in [0.29, 0.717) is 25.2 Å². The number of hydrogen-bond acceptors (Lipinski definition) is 5. The Bertz CT molecular complexity index is 448. The SMILES string of the molecule is COc1cc([N+](=O)[O-])ccc1C1CC(O)CCO1. The highest BCUT2D eigenvalue weighted by atomic mass is 16.6. The number of benzene rings is 1. The Morgan fingerprint density at radius 2 is 2.33 bits per heavy atom. The smallest absolute Gasteiger partial charge is 0.273 e. The standard InChI is InChI=1S/C12H15NO5/c1-17-11-6-8(13(15)16)2-3-10(11)12-7-9(14)4-5-18-12/h2-3,6,9,12,14H,4-5,7H2,1H3. The molecule has 0 spiro atoms. The Kier molecular flexibility index (Phi) is 3.78. The molecular weight excluding hydrogens is 238 g/mol. The van der Waals surface area contributed by atoms with Crippen LogP contribution in [0.25, 0.3) is 0 Å². The van der Waals surface area contributed by atoms with Gasteiger partial charge in [-0.1, -0.05) is 0 Å². The van der Waals surface area contributed by atoms with Gasteiger partial charge in [0.2, 0.25) is 0 Å². The second-order valence-electron chi connectivity index (χ2n) is 4.22. The van der Waals surface area contributed by atoms with Gasteiger partial charge in [0.15, 0.2) is 0 Å². The number of aliphatic hydroxyl groups excluding tert-OH is 1. The van der Waals surface area contributed by atoms with Gasteiger partial charge >= 0.3 is 0 Å². The molecule has 0 bridgehead atoms. The number of methoxy groups -OCH3 is 1. The first-order valence-corrected chi connectivity index (χ1v) is 5.74. The molecule has 1 aromatic carbocycles. The van der Waals surface area contributed by atoms with Crippen molar-refractivity contribution in [3.63, 3.8) is 0 Å². The predicted molar refractivity (Wildman–Crippen MR) is 63.6 cm³/mol. The van der Waals surface area contributed by atoms with Crippen LogP contribution < -0.4 is 4.74 Å².